The molecule has 0 aliphatic heterocycles. The molecule has 0 saturated heterocycles. The standard InChI is InChI=1S/C19H21F3N2O/c1-13(15-9-5-6-10-16(15)19(20,21)22)11-18(25)24-12-17(23)14-7-3-2-4-8-14/h2-10,13,17H,11-12,23H2,1H3,(H,24,25). The Morgan fingerprint density at radius 1 is 1.08 bits per heavy atom. The van der Waals surface area contributed by atoms with Crippen molar-refractivity contribution in [1.29, 1.82) is 0 Å². The first-order valence-corrected chi connectivity index (χ1v) is 8.02. The second-order valence-corrected chi connectivity index (χ2v) is 6.01. The van der Waals surface area contributed by atoms with Crippen LogP contribution in [0.4, 0.5) is 13.2 Å². The van der Waals surface area contributed by atoms with E-state index in [0.717, 1.165) is 11.6 Å². The molecule has 2 rings (SSSR count). The van der Waals surface area contributed by atoms with Crippen LogP contribution >= 0.6 is 0 Å². The van der Waals surface area contributed by atoms with Crippen LogP contribution in [0.1, 0.15) is 42.0 Å². The van der Waals surface area contributed by atoms with Gasteiger partial charge in [-0.1, -0.05) is 55.5 Å². The van der Waals surface area contributed by atoms with Crippen molar-refractivity contribution < 1.29 is 18.0 Å². The summed E-state index contributed by atoms with van der Waals surface area (Å²) in [6.45, 7) is 1.85. The zero-order valence-electron chi connectivity index (χ0n) is 13.9. The van der Waals surface area contributed by atoms with Gasteiger partial charge < -0.3 is 11.1 Å². The fraction of sp³-hybridized carbons (Fsp3) is 0.316. The molecule has 0 aliphatic carbocycles. The average molecular weight is 350 g/mol. The summed E-state index contributed by atoms with van der Waals surface area (Å²) in [5.41, 5.74) is 6.32. The third kappa shape index (κ3) is 5.32. The van der Waals surface area contributed by atoms with E-state index in [1.165, 1.54) is 12.1 Å². The number of rotatable bonds is 6. The molecular weight excluding hydrogens is 329 g/mol. The number of carbonyl (C=O) groups is 1. The van der Waals surface area contributed by atoms with Crippen LogP contribution in [-0.2, 0) is 11.0 Å². The van der Waals surface area contributed by atoms with Gasteiger partial charge in [0.2, 0.25) is 5.91 Å². The number of hydrogen-bond acceptors (Lipinski definition) is 2. The first-order valence-electron chi connectivity index (χ1n) is 8.02. The van der Waals surface area contributed by atoms with Gasteiger partial charge in [0, 0.05) is 19.0 Å². The van der Waals surface area contributed by atoms with Gasteiger partial charge >= 0.3 is 6.18 Å². The summed E-state index contributed by atoms with van der Waals surface area (Å²) in [4.78, 5) is 12.1. The topological polar surface area (TPSA) is 55.1 Å². The molecule has 6 heteroatoms. The molecule has 0 bridgehead atoms. The highest BCUT2D eigenvalue weighted by Gasteiger charge is 2.34. The van der Waals surface area contributed by atoms with Crippen LogP contribution in [0.2, 0.25) is 0 Å². The van der Waals surface area contributed by atoms with E-state index in [4.69, 9.17) is 5.73 Å². The van der Waals surface area contributed by atoms with E-state index >= 15 is 0 Å². The third-order valence-corrected chi connectivity index (χ3v) is 4.04. The Balaban J connectivity index is 1.95. The van der Waals surface area contributed by atoms with Gasteiger partial charge in [-0.15, -0.1) is 0 Å². The Morgan fingerprint density at radius 2 is 1.68 bits per heavy atom. The summed E-state index contributed by atoms with van der Waals surface area (Å²) < 4.78 is 39.2. The van der Waals surface area contributed by atoms with E-state index in [9.17, 15) is 18.0 Å². The zero-order valence-corrected chi connectivity index (χ0v) is 13.9. The molecule has 25 heavy (non-hydrogen) atoms. The van der Waals surface area contributed by atoms with Gasteiger partial charge in [-0.05, 0) is 23.1 Å². The average Bonchev–Trinajstić information content (AvgIpc) is 2.59. The molecule has 0 radical (unpaired) electrons. The van der Waals surface area contributed by atoms with E-state index in [1.807, 2.05) is 30.3 Å². The van der Waals surface area contributed by atoms with Gasteiger partial charge in [-0.3, -0.25) is 4.79 Å². The lowest BCUT2D eigenvalue weighted by Crippen LogP contribution is -2.32. The Hall–Kier alpha value is -2.34. The minimum absolute atomic E-state index is 0.0331. The predicted octanol–water partition coefficient (Wildman–Crippen LogP) is 4.02. The second kappa shape index (κ2) is 8.16. The van der Waals surface area contributed by atoms with Gasteiger partial charge in [0.1, 0.15) is 0 Å². The minimum atomic E-state index is -4.43. The van der Waals surface area contributed by atoms with Gasteiger partial charge in [0.15, 0.2) is 0 Å². The quantitative estimate of drug-likeness (QED) is 0.827. The Labute approximate surface area is 145 Å². The number of carbonyl (C=O) groups excluding carboxylic acids is 1. The lowest BCUT2D eigenvalue weighted by Gasteiger charge is -2.19. The van der Waals surface area contributed by atoms with Crippen molar-refractivity contribution in [3.8, 4) is 0 Å². The molecule has 3 N–H and O–H groups in total. The molecule has 3 nitrogen and oxygen atoms in total. The van der Waals surface area contributed by atoms with Crippen molar-refractivity contribution >= 4 is 5.91 Å². The SMILES string of the molecule is CC(CC(=O)NCC(N)c1ccccc1)c1ccccc1C(F)(F)F. The fourth-order valence-electron chi connectivity index (χ4n) is 2.69. The molecule has 0 spiro atoms. The number of amides is 1. The first kappa shape index (κ1) is 19.0. The van der Waals surface area contributed by atoms with Crippen LogP contribution in [0.25, 0.3) is 0 Å². The zero-order chi connectivity index (χ0) is 18.4. The van der Waals surface area contributed by atoms with E-state index in [2.05, 4.69) is 5.32 Å². The molecule has 0 heterocycles. The highest BCUT2D eigenvalue weighted by molar-refractivity contribution is 5.77. The van der Waals surface area contributed by atoms with Crippen molar-refractivity contribution in [2.45, 2.75) is 31.5 Å². The highest BCUT2D eigenvalue weighted by Crippen LogP contribution is 2.35. The molecule has 2 aromatic rings. The number of alkyl halides is 3. The van der Waals surface area contributed by atoms with Crippen molar-refractivity contribution in [3.05, 3.63) is 71.3 Å². The second-order valence-electron chi connectivity index (χ2n) is 6.01. The first-order chi connectivity index (χ1) is 11.8. The molecule has 0 fully saturated rings. The van der Waals surface area contributed by atoms with Crippen LogP contribution in [0.5, 0.6) is 0 Å². The molecule has 1 amide bonds. The summed E-state index contributed by atoms with van der Waals surface area (Å²) in [5.74, 6) is -0.873. The predicted molar refractivity (Wildman–Crippen MR) is 90.9 cm³/mol. The summed E-state index contributed by atoms with van der Waals surface area (Å²) in [6.07, 6.45) is -4.47. The van der Waals surface area contributed by atoms with Crippen LogP contribution in [0.15, 0.2) is 54.6 Å². The van der Waals surface area contributed by atoms with Gasteiger partial charge in [0.05, 0.1) is 5.56 Å². The Bertz CT molecular complexity index is 701. The summed E-state index contributed by atoms with van der Waals surface area (Å²) in [7, 11) is 0. The third-order valence-electron chi connectivity index (χ3n) is 4.04. The monoisotopic (exact) mass is 350 g/mol. The molecule has 2 atom stereocenters. The maximum Gasteiger partial charge on any atom is 0.416 e. The normalized spacial score (nSPS) is 14.0. The van der Waals surface area contributed by atoms with E-state index in [0.29, 0.717) is 0 Å². The lowest BCUT2D eigenvalue weighted by molar-refractivity contribution is -0.138. The van der Waals surface area contributed by atoms with Crippen molar-refractivity contribution in [1.82, 2.24) is 5.32 Å². The summed E-state index contributed by atoms with van der Waals surface area (Å²) in [5, 5.41) is 2.69. The van der Waals surface area contributed by atoms with Crippen LogP contribution in [0.3, 0.4) is 0 Å². The minimum Gasteiger partial charge on any atom is -0.354 e. The van der Waals surface area contributed by atoms with E-state index in [-0.39, 0.29) is 30.5 Å². The van der Waals surface area contributed by atoms with Crippen LogP contribution < -0.4 is 11.1 Å². The van der Waals surface area contributed by atoms with Gasteiger partial charge in [-0.25, -0.2) is 0 Å². The number of halogens is 3. The largest absolute Gasteiger partial charge is 0.416 e. The molecule has 0 saturated carbocycles. The smallest absolute Gasteiger partial charge is 0.354 e. The molecule has 0 aromatic heterocycles. The summed E-state index contributed by atoms with van der Waals surface area (Å²) >= 11 is 0. The van der Waals surface area contributed by atoms with Gasteiger partial charge in [-0.2, -0.15) is 13.2 Å². The van der Waals surface area contributed by atoms with Crippen molar-refractivity contribution in [3.63, 3.8) is 0 Å². The van der Waals surface area contributed by atoms with E-state index < -0.39 is 17.7 Å². The van der Waals surface area contributed by atoms with Gasteiger partial charge in [0.25, 0.3) is 0 Å². The maximum absolute atomic E-state index is 13.1. The molecule has 2 aromatic carbocycles. The fourth-order valence-corrected chi connectivity index (χ4v) is 2.69. The molecule has 2 unspecified atom stereocenters. The van der Waals surface area contributed by atoms with Crippen molar-refractivity contribution in [2.24, 2.45) is 5.73 Å². The van der Waals surface area contributed by atoms with Crippen LogP contribution in [-0.4, -0.2) is 12.5 Å². The Morgan fingerprint density at radius 3 is 2.32 bits per heavy atom. The Kier molecular flexibility index (Phi) is 6.20. The van der Waals surface area contributed by atoms with E-state index in [1.54, 1.807) is 13.0 Å². The van der Waals surface area contributed by atoms with Crippen molar-refractivity contribution in [2.75, 3.05) is 6.54 Å². The molecule has 0 aliphatic rings. The molecular formula is C19H21F3N2O. The lowest BCUT2D eigenvalue weighted by atomic mass is 9.92. The number of nitrogens with two attached hydrogens (primary N) is 1. The van der Waals surface area contributed by atoms with Crippen LogP contribution in [0, 0.1) is 0 Å². The maximum atomic E-state index is 13.1. The number of nitrogens with one attached hydrogen (secondary N) is 1. The summed E-state index contributed by atoms with van der Waals surface area (Å²) in [6, 6.07) is 14.3. The number of benzene rings is 2. The highest BCUT2D eigenvalue weighted by atomic mass is 19.4. The number of hydrogen-bond donors (Lipinski definition) is 2. The molecule has 134 valence electrons.